The summed E-state index contributed by atoms with van der Waals surface area (Å²) in [5.41, 5.74) is 4.96. The van der Waals surface area contributed by atoms with Crippen LogP contribution in [0.15, 0.2) is 23.7 Å². The van der Waals surface area contributed by atoms with Crippen LogP contribution in [-0.2, 0) is 11.4 Å². The van der Waals surface area contributed by atoms with Gasteiger partial charge in [-0.3, -0.25) is 9.94 Å². The maximum Gasteiger partial charge on any atom is 0.0813 e. The quantitative estimate of drug-likeness (QED) is 0.821. The van der Waals surface area contributed by atoms with E-state index in [2.05, 4.69) is 27.1 Å². The predicted octanol–water partition coefficient (Wildman–Crippen LogP) is 2.96. The number of hydrogen-bond donors (Lipinski definition) is 2. The van der Waals surface area contributed by atoms with Crippen LogP contribution in [-0.4, -0.2) is 15.8 Å². The van der Waals surface area contributed by atoms with Crippen molar-refractivity contribution in [3.63, 3.8) is 0 Å². The fourth-order valence-corrected chi connectivity index (χ4v) is 2.17. The molecule has 0 atom stereocenters. The third-order valence-corrected chi connectivity index (χ3v) is 3.01. The summed E-state index contributed by atoms with van der Waals surface area (Å²) in [6, 6.07) is 4.11. The molecule has 4 nitrogen and oxygen atoms in total. The molecule has 0 fully saturated rings. The minimum Gasteiger partial charge on any atom is -0.296 e. The van der Waals surface area contributed by atoms with Gasteiger partial charge in [-0.2, -0.15) is 10.6 Å². The fraction of sp³-hybridized carbons (Fsp3) is 0.417. The Morgan fingerprint density at radius 1 is 1.47 bits per heavy atom. The molecule has 0 bridgehead atoms. The number of nitrogens with zero attached hydrogens (tertiary/aromatic N) is 1. The van der Waals surface area contributed by atoms with Crippen molar-refractivity contribution < 1.29 is 4.84 Å². The van der Waals surface area contributed by atoms with Crippen LogP contribution in [0, 0.1) is 0 Å². The molecule has 2 aromatic rings. The SMILES string of the molecule is CC(C)(C)ONCc1cn[nH]c1-c1cccs1. The van der Waals surface area contributed by atoms with Gasteiger partial charge in [0.25, 0.3) is 0 Å². The van der Waals surface area contributed by atoms with Crippen LogP contribution in [0.5, 0.6) is 0 Å². The summed E-state index contributed by atoms with van der Waals surface area (Å²) in [5, 5.41) is 9.15. The van der Waals surface area contributed by atoms with Crippen molar-refractivity contribution in [2.45, 2.75) is 32.9 Å². The largest absolute Gasteiger partial charge is 0.296 e. The van der Waals surface area contributed by atoms with Crippen LogP contribution in [0.4, 0.5) is 0 Å². The second-order valence-corrected chi connectivity index (χ2v) is 5.73. The molecule has 0 aliphatic heterocycles. The highest BCUT2D eigenvalue weighted by Gasteiger charge is 2.12. The number of hydrogen-bond acceptors (Lipinski definition) is 4. The van der Waals surface area contributed by atoms with Gasteiger partial charge >= 0.3 is 0 Å². The summed E-state index contributed by atoms with van der Waals surface area (Å²) in [4.78, 5) is 6.68. The first kappa shape index (κ1) is 12.3. The molecule has 17 heavy (non-hydrogen) atoms. The van der Waals surface area contributed by atoms with Gasteiger partial charge in [0.1, 0.15) is 0 Å². The average molecular weight is 251 g/mol. The van der Waals surface area contributed by atoms with Gasteiger partial charge in [-0.1, -0.05) is 6.07 Å². The molecule has 0 unspecified atom stereocenters. The highest BCUT2D eigenvalue weighted by molar-refractivity contribution is 7.13. The van der Waals surface area contributed by atoms with Gasteiger partial charge in [0, 0.05) is 12.1 Å². The molecule has 0 amide bonds. The first-order valence-electron chi connectivity index (χ1n) is 5.53. The normalized spacial score (nSPS) is 11.9. The highest BCUT2D eigenvalue weighted by Crippen LogP contribution is 2.25. The molecule has 0 radical (unpaired) electrons. The van der Waals surface area contributed by atoms with Crippen LogP contribution in [0.1, 0.15) is 26.3 Å². The summed E-state index contributed by atoms with van der Waals surface area (Å²) in [6.07, 6.45) is 1.83. The van der Waals surface area contributed by atoms with E-state index in [1.54, 1.807) is 11.3 Å². The smallest absolute Gasteiger partial charge is 0.0813 e. The second kappa shape index (κ2) is 5.00. The van der Waals surface area contributed by atoms with Crippen LogP contribution in [0.2, 0.25) is 0 Å². The maximum atomic E-state index is 5.49. The molecule has 2 rings (SSSR count). The summed E-state index contributed by atoms with van der Waals surface area (Å²) >= 11 is 1.69. The van der Waals surface area contributed by atoms with Gasteiger partial charge in [-0.05, 0) is 32.2 Å². The topological polar surface area (TPSA) is 49.9 Å². The van der Waals surface area contributed by atoms with E-state index in [9.17, 15) is 0 Å². The van der Waals surface area contributed by atoms with Crippen molar-refractivity contribution in [3.8, 4) is 10.6 Å². The minimum atomic E-state index is -0.188. The molecule has 2 N–H and O–H groups in total. The van der Waals surface area contributed by atoms with Crippen LogP contribution in [0.3, 0.4) is 0 Å². The van der Waals surface area contributed by atoms with Gasteiger partial charge in [0.2, 0.25) is 0 Å². The van der Waals surface area contributed by atoms with Gasteiger partial charge in [0.05, 0.1) is 22.4 Å². The Labute approximate surface area is 105 Å². The lowest BCUT2D eigenvalue weighted by Gasteiger charge is -2.19. The molecule has 0 aliphatic rings. The third-order valence-electron chi connectivity index (χ3n) is 2.13. The van der Waals surface area contributed by atoms with E-state index in [0.29, 0.717) is 6.54 Å². The first-order valence-corrected chi connectivity index (χ1v) is 6.41. The number of hydroxylamine groups is 1. The zero-order valence-electron chi connectivity index (χ0n) is 10.3. The molecular weight excluding hydrogens is 234 g/mol. The van der Waals surface area contributed by atoms with Crippen LogP contribution < -0.4 is 5.48 Å². The zero-order chi connectivity index (χ0) is 12.3. The zero-order valence-corrected chi connectivity index (χ0v) is 11.1. The Hall–Kier alpha value is -1.17. The van der Waals surface area contributed by atoms with E-state index >= 15 is 0 Å². The van der Waals surface area contributed by atoms with E-state index in [-0.39, 0.29) is 5.60 Å². The molecule has 0 aromatic carbocycles. The van der Waals surface area contributed by atoms with Crippen molar-refractivity contribution in [2.24, 2.45) is 0 Å². The van der Waals surface area contributed by atoms with Crippen molar-refractivity contribution >= 4 is 11.3 Å². The van der Waals surface area contributed by atoms with Crippen molar-refractivity contribution in [1.82, 2.24) is 15.7 Å². The van der Waals surface area contributed by atoms with Crippen LogP contribution >= 0.6 is 11.3 Å². The average Bonchev–Trinajstić information content (AvgIpc) is 2.82. The molecule has 0 saturated heterocycles. The molecule has 2 heterocycles. The third kappa shape index (κ3) is 3.39. The summed E-state index contributed by atoms with van der Waals surface area (Å²) < 4.78 is 0. The van der Waals surface area contributed by atoms with E-state index in [1.165, 1.54) is 4.88 Å². The van der Waals surface area contributed by atoms with E-state index in [0.717, 1.165) is 11.3 Å². The lowest BCUT2D eigenvalue weighted by atomic mass is 10.2. The molecule has 5 heteroatoms. The molecule has 0 saturated carbocycles. The van der Waals surface area contributed by atoms with E-state index < -0.39 is 0 Å². The number of nitrogens with one attached hydrogen (secondary N) is 2. The van der Waals surface area contributed by atoms with E-state index in [4.69, 9.17) is 4.84 Å². The van der Waals surface area contributed by atoms with Gasteiger partial charge < -0.3 is 0 Å². The molecule has 92 valence electrons. The second-order valence-electron chi connectivity index (χ2n) is 4.78. The summed E-state index contributed by atoms with van der Waals surface area (Å²) in [5.74, 6) is 0. The molecular formula is C12H17N3OS. The summed E-state index contributed by atoms with van der Waals surface area (Å²) in [7, 11) is 0. The highest BCUT2D eigenvalue weighted by atomic mass is 32.1. The number of rotatable bonds is 4. The van der Waals surface area contributed by atoms with Gasteiger partial charge in [0.15, 0.2) is 0 Å². The molecule has 2 aromatic heterocycles. The minimum absolute atomic E-state index is 0.188. The summed E-state index contributed by atoms with van der Waals surface area (Å²) in [6.45, 7) is 6.67. The fourth-order valence-electron chi connectivity index (χ4n) is 1.41. The monoisotopic (exact) mass is 251 g/mol. The number of aromatic nitrogens is 2. The predicted molar refractivity (Wildman–Crippen MR) is 69.6 cm³/mol. The number of H-pyrrole nitrogens is 1. The van der Waals surface area contributed by atoms with Crippen LogP contribution in [0.25, 0.3) is 10.6 Å². The van der Waals surface area contributed by atoms with E-state index in [1.807, 2.05) is 33.0 Å². The lowest BCUT2D eigenvalue weighted by molar-refractivity contribution is -0.0757. The Bertz CT molecular complexity index is 456. The first-order chi connectivity index (χ1) is 8.06. The lowest BCUT2D eigenvalue weighted by Crippen LogP contribution is -2.28. The molecule has 0 aliphatic carbocycles. The Morgan fingerprint density at radius 2 is 2.29 bits per heavy atom. The van der Waals surface area contributed by atoms with Gasteiger partial charge in [-0.25, -0.2) is 0 Å². The van der Waals surface area contributed by atoms with Gasteiger partial charge in [-0.15, -0.1) is 11.3 Å². The number of thiophene rings is 1. The maximum absolute atomic E-state index is 5.49. The molecule has 0 spiro atoms. The van der Waals surface area contributed by atoms with Crippen molar-refractivity contribution in [1.29, 1.82) is 0 Å². The van der Waals surface area contributed by atoms with Crippen molar-refractivity contribution in [2.75, 3.05) is 0 Å². The standard InChI is InChI=1S/C12H17N3OS/c1-12(2,3)16-14-8-9-7-13-15-11(9)10-5-4-6-17-10/h4-7,14H,8H2,1-3H3,(H,13,15). The van der Waals surface area contributed by atoms with Crippen molar-refractivity contribution in [3.05, 3.63) is 29.3 Å². The Balaban J connectivity index is 2.01. The number of aromatic amines is 1. The Morgan fingerprint density at radius 3 is 2.94 bits per heavy atom. The Kier molecular flexibility index (Phi) is 3.61.